The van der Waals surface area contributed by atoms with Crippen molar-refractivity contribution >= 4 is 34.6 Å². The number of hydrogen-bond donors (Lipinski definition) is 1. The van der Waals surface area contributed by atoms with Crippen LogP contribution in [0.2, 0.25) is 5.02 Å². The molecule has 1 saturated heterocycles. The molecule has 1 N–H and O–H groups in total. The Bertz CT molecular complexity index is 749. The van der Waals surface area contributed by atoms with Crippen LogP contribution in [0.15, 0.2) is 48.5 Å². The molecule has 1 aliphatic rings. The van der Waals surface area contributed by atoms with Crippen LogP contribution in [0.1, 0.15) is 0 Å². The molecular formula is C20H24ClN3O2S. The number of ether oxygens (including phenoxy) is 2. The Balaban J connectivity index is 1.39. The van der Waals surface area contributed by atoms with Crippen molar-refractivity contribution in [2.75, 3.05) is 51.8 Å². The average molecular weight is 406 g/mol. The topological polar surface area (TPSA) is 37.0 Å². The summed E-state index contributed by atoms with van der Waals surface area (Å²) in [5, 5.41) is 4.76. The molecule has 144 valence electrons. The van der Waals surface area contributed by atoms with Crippen LogP contribution in [0.3, 0.4) is 0 Å². The third-order valence-corrected chi connectivity index (χ3v) is 5.08. The molecule has 0 atom stereocenters. The van der Waals surface area contributed by atoms with E-state index in [2.05, 4.69) is 15.1 Å². The lowest BCUT2D eigenvalue weighted by Gasteiger charge is -2.36. The predicted octanol–water partition coefficient (Wildman–Crippen LogP) is 3.74. The zero-order valence-corrected chi connectivity index (χ0v) is 16.9. The number of halogens is 1. The Morgan fingerprint density at radius 3 is 2.52 bits per heavy atom. The molecule has 0 spiro atoms. The third-order valence-electron chi connectivity index (χ3n) is 4.47. The fraction of sp³-hybridized carbons (Fsp3) is 0.350. The van der Waals surface area contributed by atoms with E-state index in [1.54, 1.807) is 7.11 Å². The summed E-state index contributed by atoms with van der Waals surface area (Å²) < 4.78 is 11.0. The van der Waals surface area contributed by atoms with Gasteiger partial charge in [0.2, 0.25) is 0 Å². The highest BCUT2D eigenvalue weighted by Crippen LogP contribution is 2.18. The van der Waals surface area contributed by atoms with Crippen molar-refractivity contribution < 1.29 is 9.47 Å². The number of hydrogen-bond acceptors (Lipinski definition) is 4. The molecule has 0 unspecified atom stereocenters. The minimum Gasteiger partial charge on any atom is -0.497 e. The number of nitrogens with one attached hydrogen (secondary N) is 1. The van der Waals surface area contributed by atoms with Crippen molar-refractivity contribution in [3.8, 4) is 11.5 Å². The maximum Gasteiger partial charge on any atom is 0.173 e. The largest absolute Gasteiger partial charge is 0.497 e. The molecule has 0 bridgehead atoms. The van der Waals surface area contributed by atoms with E-state index < -0.39 is 0 Å². The average Bonchev–Trinajstić information content (AvgIpc) is 2.70. The van der Waals surface area contributed by atoms with Crippen molar-refractivity contribution in [3.63, 3.8) is 0 Å². The molecule has 0 aliphatic carbocycles. The van der Waals surface area contributed by atoms with Gasteiger partial charge in [0.1, 0.15) is 18.1 Å². The third kappa shape index (κ3) is 5.99. The maximum absolute atomic E-state index is 5.88. The van der Waals surface area contributed by atoms with E-state index in [0.717, 1.165) is 60.0 Å². The van der Waals surface area contributed by atoms with Gasteiger partial charge in [0.15, 0.2) is 5.11 Å². The summed E-state index contributed by atoms with van der Waals surface area (Å²) in [6.45, 7) is 5.28. The van der Waals surface area contributed by atoms with Gasteiger partial charge in [0.05, 0.1) is 7.11 Å². The first-order valence-corrected chi connectivity index (χ1v) is 9.73. The number of nitrogens with zero attached hydrogens (tertiary/aromatic N) is 2. The Morgan fingerprint density at radius 1 is 1.07 bits per heavy atom. The van der Waals surface area contributed by atoms with Crippen molar-refractivity contribution in [3.05, 3.63) is 53.6 Å². The summed E-state index contributed by atoms with van der Waals surface area (Å²) in [7, 11) is 1.66. The minimum absolute atomic E-state index is 0.661. The standard InChI is InChI=1S/C20H24ClN3O2S/c1-25-19-4-2-3-17(15-19)22-20(27)24-11-9-23(10-12-24)13-14-26-18-7-5-16(21)6-8-18/h2-8,15H,9-14H2,1H3,(H,22,27). The number of benzene rings is 2. The normalized spacial score (nSPS) is 14.7. The lowest BCUT2D eigenvalue weighted by Crippen LogP contribution is -2.50. The number of methoxy groups -OCH3 is 1. The SMILES string of the molecule is COc1cccc(NC(=S)N2CCN(CCOc3ccc(Cl)cc3)CC2)c1. The Kier molecular flexibility index (Phi) is 7.15. The molecule has 1 aliphatic heterocycles. The maximum atomic E-state index is 5.88. The predicted molar refractivity (Wildman–Crippen MR) is 114 cm³/mol. The molecule has 27 heavy (non-hydrogen) atoms. The van der Waals surface area contributed by atoms with E-state index >= 15 is 0 Å². The van der Waals surface area contributed by atoms with Crippen LogP contribution in [-0.4, -0.2) is 61.4 Å². The number of piperazine rings is 1. The molecule has 5 nitrogen and oxygen atoms in total. The number of rotatable bonds is 6. The van der Waals surface area contributed by atoms with Crippen molar-refractivity contribution in [1.29, 1.82) is 0 Å². The second kappa shape index (κ2) is 9.78. The molecule has 0 saturated carbocycles. The van der Waals surface area contributed by atoms with E-state index in [4.69, 9.17) is 33.3 Å². The smallest absolute Gasteiger partial charge is 0.173 e. The molecule has 2 aromatic carbocycles. The summed E-state index contributed by atoms with van der Waals surface area (Å²) in [5.41, 5.74) is 0.943. The first kappa shape index (κ1) is 19.7. The van der Waals surface area contributed by atoms with Gasteiger partial charge in [-0.2, -0.15) is 0 Å². The van der Waals surface area contributed by atoms with E-state index in [0.29, 0.717) is 6.61 Å². The van der Waals surface area contributed by atoms with Crippen LogP contribution in [-0.2, 0) is 0 Å². The quantitative estimate of drug-likeness (QED) is 0.738. The molecule has 1 fully saturated rings. The van der Waals surface area contributed by atoms with Gasteiger partial charge in [-0.15, -0.1) is 0 Å². The van der Waals surface area contributed by atoms with Crippen LogP contribution < -0.4 is 14.8 Å². The molecule has 3 rings (SSSR count). The lowest BCUT2D eigenvalue weighted by molar-refractivity contribution is 0.155. The fourth-order valence-corrected chi connectivity index (χ4v) is 3.33. The van der Waals surface area contributed by atoms with Gasteiger partial charge in [0, 0.05) is 49.5 Å². The zero-order chi connectivity index (χ0) is 19.1. The summed E-state index contributed by atoms with van der Waals surface area (Å²) in [5.74, 6) is 1.66. The molecule has 1 heterocycles. The van der Waals surface area contributed by atoms with Gasteiger partial charge in [-0.3, -0.25) is 4.90 Å². The minimum atomic E-state index is 0.661. The van der Waals surface area contributed by atoms with E-state index in [1.807, 2.05) is 48.5 Å². The van der Waals surface area contributed by atoms with Crippen LogP contribution in [0, 0.1) is 0 Å². The van der Waals surface area contributed by atoms with Gasteiger partial charge >= 0.3 is 0 Å². The van der Waals surface area contributed by atoms with E-state index in [-0.39, 0.29) is 0 Å². The zero-order valence-electron chi connectivity index (χ0n) is 15.4. The molecule has 0 radical (unpaired) electrons. The van der Waals surface area contributed by atoms with Crippen LogP contribution in [0.25, 0.3) is 0 Å². The number of thiocarbonyl (C=S) groups is 1. The Labute approximate surface area is 170 Å². The monoisotopic (exact) mass is 405 g/mol. The first-order valence-electron chi connectivity index (χ1n) is 8.95. The summed E-state index contributed by atoms with van der Waals surface area (Å²) in [6, 6.07) is 15.3. The van der Waals surface area contributed by atoms with E-state index in [1.165, 1.54) is 0 Å². The van der Waals surface area contributed by atoms with E-state index in [9.17, 15) is 0 Å². The second-order valence-corrected chi connectivity index (χ2v) is 7.12. The molecule has 7 heteroatoms. The molecule has 0 aromatic heterocycles. The Hall–Kier alpha value is -2.02. The second-order valence-electron chi connectivity index (χ2n) is 6.29. The molecule has 2 aromatic rings. The van der Waals surface area contributed by atoms with Gasteiger partial charge in [0.25, 0.3) is 0 Å². The van der Waals surface area contributed by atoms with Crippen molar-refractivity contribution in [2.24, 2.45) is 0 Å². The first-order chi connectivity index (χ1) is 13.1. The summed E-state index contributed by atoms with van der Waals surface area (Å²) in [6.07, 6.45) is 0. The van der Waals surface area contributed by atoms with Crippen molar-refractivity contribution in [2.45, 2.75) is 0 Å². The van der Waals surface area contributed by atoms with Crippen LogP contribution >= 0.6 is 23.8 Å². The van der Waals surface area contributed by atoms with Gasteiger partial charge in [-0.1, -0.05) is 17.7 Å². The summed E-state index contributed by atoms with van der Waals surface area (Å²) in [4.78, 5) is 4.59. The van der Waals surface area contributed by atoms with Crippen molar-refractivity contribution in [1.82, 2.24) is 9.80 Å². The summed E-state index contributed by atoms with van der Waals surface area (Å²) >= 11 is 11.4. The van der Waals surface area contributed by atoms with Crippen LogP contribution in [0.4, 0.5) is 5.69 Å². The highest BCUT2D eigenvalue weighted by Gasteiger charge is 2.18. The fourth-order valence-electron chi connectivity index (χ4n) is 2.90. The highest BCUT2D eigenvalue weighted by molar-refractivity contribution is 7.80. The van der Waals surface area contributed by atoms with Crippen LogP contribution in [0.5, 0.6) is 11.5 Å². The number of anilines is 1. The van der Waals surface area contributed by atoms with Gasteiger partial charge in [-0.25, -0.2) is 0 Å². The molecular weight excluding hydrogens is 382 g/mol. The molecule has 0 amide bonds. The lowest BCUT2D eigenvalue weighted by atomic mass is 10.3. The van der Waals surface area contributed by atoms with Gasteiger partial charge < -0.3 is 19.7 Å². The highest BCUT2D eigenvalue weighted by atomic mass is 35.5. The Morgan fingerprint density at radius 2 is 1.81 bits per heavy atom. The van der Waals surface area contributed by atoms with Gasteiger partial charge in [-0.05, 0) is 48.6 Å².